The SMILES string of the molecule is Cc1cccc(C)c1NC(=O)CN(CCC(=O)Nc1cc(C(F)(F)F)ccc1Cl)C1CC1. The van der Waals surface area contributed by atoms with Crippen LogP contribution in [0.1, 0.15) is 36.0 Å². The lowest BCUT2D eigenvalue weighted by Crippen LogP contribution is -2.37. The van der Waals surface area contributed by atoms with E-state index in [1.165, 1.54) is 0 Å². The molecule has 3 rings (SSSR count). The Morgan fingerprint density at radius 2 is 1.72 bits per heavy atom. The smallest absolute Gasteiger partial charge is 0.325 e. The largest absolute Gasteiger partial charge is 0.416 e. The molecule has 2 aromatic carbocycles. The van der Waals surface area contributed by atoms with Crippen LogP contribution in [0.2, 0.25) is 5.02 Å². The van der Waals surface area contributed by atoms with Crippen LogP contribution in [0.25, 0.3) is 0 Å². The summed E-state index contributed by atoms with van der Waals surface area (Å²) in [4.78, 5) is 26.9. The zero-order valence-electron chi connectivity index (χ0n) is 17.9. The molecule has 172 valence electrons. The van der Waals surface area contributed by atoms with Crippen LogP contribution in [0, 0.1) is 13.8 Å². The maximum Gasteiger partial charge on any atom is 0.416 e. The van der Waals surface area contributed by atoms with Crippen LogP contribution < -0.4 is 10.6 Å². The molecule has 0 aromatic heterocycles. The second kappa shape index (κ2) is 9.92. The first kappa shape index (κ1) is 24.1. The molecule has 0 spiro atoms. The Balaban J connectivity index is 1.57. The molecule has 1 aliphatic carbocycles. The van der Waals surface area contributed by atoms with Crippen molar-refractivity contribution in [3.63, 3.8) is 0 Å². The highest BCUT2D eigenvalue weighted by Crippen LogP contribution is 2.34. The van der Waals surface area contributed by atoms with E-state index in [9.17, 15) is 22.8 Å². The van der Waals surface area contributed by atoms with Crippen molar-refractivity contribution in [1.29, 1.82) is 0 Å². The number of nitrogens with zero attached hydrogens (tertiary/aromatic N) is 1. The van der Waals surface area contributed by atoms with E-state index in [1.807, 2.05) is 36.9 Å². The normalized spacial score (nSPS) is 13.8. The van der Waals surface area contributed by atoms with Gasteiger partial charge in [0.25, 0.3) is 0 Å². The first-order valence-electron chi connectivity index (χ1n) is 10.3. The lowest BCUT2D eigenvalue weighted by molar-refractivity contribution is -0.137. The number of alkyl halides is 3. The van der Waals surface area contributed by atoms with Gasteiger partial charge in [0, 0.05) is 24.7 Å². The van der Waals surface area contributed by atoms with Crippen LogP contribution in [-0.2, 0) is 15.8 Å². The number of nitrogens with one attached hydrogen (secondary N) is 2. The number of rotatable bonds is 8. The van der Waals surface area contributed by atoms with Gasteiger partial charge >= 0.3 is 6.18 Å². The first-order valence-corrected chi connectivity index (χ1v) is 10.7. The number of carbonyl (C=O) groups is 2. The van der Waals surface area contributed by atoms with Crippen molar-refractivity contribution in [3.05, 3.63) is 58.1 Å². The Bertz CT molecular complexity index is 986. The van der Waals surface area contributed by atoms with E-state index in [4.69, 9.17) is 11.6 Å². The Labute approximate surface area is 189 Å². The Hall–Kier alpha value is -2.58. The fourth-order valence-corrected chi connectivity index (χ4v) is 3.63. The molecular formula is C23H25ClF3N3O2. The number of benzene rings is 2. The topological polar surface area (TPSA) is 61.4 Å². The summed E-state index contributed by atoms with van der Waals surface area (Å²) in [5, 5.41) is 5.42. The summed E-state index contributed by atoms with van der Waals surface area (Å²) in [5.74, 6) is -0.636. The van der Waals surface area contributed by atoms with Gasteiger partial charge in [-0.3, -0.25) is 14.5 Å². The van der Waals surface area contributed by atoms with Crippen LogP contribution in [0.15, 0.2) is 36.4 Å². The quantitative estimate of drug-likeness (QED) is 0.546. The van der Waals surface area contributed by atoms with Crippen molar-refractivity contribution in [3.8, 4) is 0 Å². The lowest BCUT2D eigenvalue weighted by Gasteiger charge is -2.22. The van der Waals surface area contributed by atoms with Gasteiger partial charge in [-0.25, -0.2) is 0 Å². The third-order valence-corrected chi connectivity index (χ3v) is 5.68. The third kappa shape index (κ3) is 6.46. The maximum absolute atomic E-state index is 12.9. The molecule has 0 aliphatic heterocycles. The molecule has 1 aliphatic rings. The lowest BCUT2D eigenvalue weighted by atomic mass is 10.1. The molecular weight excluding hydrogens is 443 g/mol. The van der Waals surface area contributed by atoms with Crippen molar-refractivity contribution >= 4 is 34.8 Å². The fraction of sp³-hybridized carbons (Fsp3) is 0.391. The van der Waals surface area contributed by atoms with Crippen LogP contribution in [0.4, 0.5) is 24.5 Å². The van der Waals surface area contributed by atoms with Crippen LogP contribution in [-0.4, -0.2) is 35.8 Å². The van der Waals surface area contributed by atoms with Gasteiger partial charge in [-0.1, -0.05) is 29.8 Å². The van der Waals surface area contributed by atoms with Crippen LogP contribution in [0.3, 0.4) is 0 Å². The third-order valence-electron chi connectivity index (χ3n) is 5.35. The highest BCUT2D eigenvalue weighted by molar-refractivity contribution is 6.33. The summed E-state index contributed by atoms with van der Waals surface area (Å²) in [6, 6.07) is 8.78. The van der Waals surface area contributed by atoms with E-state index in [-0.39, 0.29) is 35.6 Å². The molecule has 1 fully saturated rings. The van der Waals surface area contributed by atoms with Gasteiger partial charge in [-0.05, 0) is 56.0 Å². The van der Waals surface area contributed by atoms with E-state index in [0.717, 1.165) is 47.9 Å². The van der Waals surface area contributed by atoms with Gasteiger partial charge in [0.05, 0.1) is 22.8 Å². The summed E-state index contributed by atoms with van der Waals surface area (Å²) in [5.41, 5.74) is 1.74. The molecule has 0 saturated heterocycles. The van der Waals surface area contributed by atoms with Crippen LogP contribution in [0.5, 0.6) is 0 Å². The zero-order valence-corrected chi connectivity index (χ0v) is 18.6. The van der Waals surface area contributed by atoms with Crippen molar-refractivity contribution in [2.75, 3.05) is 23.7 Å². The minimum Gasteiger partial charge on any atom is -0.325 e. The average Bonchev–Trinajstić information content (AvgIpc) is 3.54. The molecule has 9 heteroatoms. The summed E-state index contributed by atoms with van der Waals surface area (Å²) in [7, 11) is 0. The van der Waals surface area contributed by atoms with Gasteiger partial charge in [-0.2, -0.15) is 13.2 Å². The molecule has 32 heavy (non-hydrogen) atoms. The highest BCUT2D eigenvalue weighted by Gasteiger charge is 2.32. The number of halogens is 4. The molecule has 5 nitrogen and oxygen atoms in total. The van der Waals surface area contributed by atoms with E-state index in [2.05, 4.69) is 10.6 Å². The fourth-order valence-electron chi connectivity index (χ4n) is 3.46. The molecule has 1 saturated carbocycles. The molecule has 0 unspecified atom stereocenters. The number of hydrogen-bond donors (Lipinski definition) is 2. The predicted molar refractivity (Wildman–Crippen MR) is 119 cm³/mol. The Morgan fingerprint density at radius 3 is 2.31 bits per heavy atom. The van der Waals surface area contributed by atoms with E-state index < -0.39 is 17.6 Å². The second-order valence-corrected chi connectivity index (χ2v) is 8.41. The standard InChI is InChI=1S/C23H25ClF3N3O2/c1-14-4-3-5-15(2)22(14)29-21(32)13-30(17-7-8-17)11-10-20(31)28-19-12-16(23(25,26)27)6-9-18(19)24/h3-6,9,12,17H,7-8,10-11,13H2,1-2H3,(H,28,31)(H,29,32). The summed E-state index contributed by atoms with van der Waals surface area (Å²) in [6.45, 7) is 4.29. The predicted octanol–water partition coefficient (Wildman–Crippen LogP) is 5.41. The summed E-state index contributed by atoms with van der Waals surface area (Å²) >= 11 is 5.94. The number of para-hydroxylation sites is 1. The minimum absolute atomic E-state index is 0.0263. The Kier molecular flexibility index (Phi) is 7.46. The molecule has 0 radical (unpaired) electrons. The molecule has 0 heterocycles. The number of hydrogen-bond acceptors (Lipinski definition) is 3. The number of anilines is 2. The molecule has 2 aromatic rings. The second-order valence-electron chi connectivity index (χ2n) is 8.01. The average molecular weight is 468 g/mol. The van der Waals surface area contributed by atoms with E-state index in [0.29, 0.717) is 6.54 Å². The van der Waals surface area contributed by atoms with Crippen molar-refractivity contribution in [2.45, 2.75) is 45.3 Å². The Morgan fingerprint density at radius 1 is 1.06 bits per heavy atom. The minimum atomic E-state index is -4.53. The van der Waals surface area contributed by atoms with Gasteiger partial charge in [0.15, 0.2) is 0 Å². The van der Waals surface area contributed by atoms with E-state index in [1.54, 1.807) is 0 Å². The van der Waals surface area contributed by atoms with Crippen LogP contribution >= 0.6 is 11.6 Å². The summed E-state index contributed by atoms with van der Waals surface area (Å²) < 4.78 is 38.7. The van der Waals surface area contributed by atoms with Gasteiger partial charge < -0.3 is 10.6 Å². The van der Waals surface area contributed by atoms with E-state index >= 15 is 0 Å². The van der Waals surface area contributed by atoms with Crippen molar-refractivity contribution in [2.24, 2.45) is 0 Å². The summed E-state index contributed by atoms with van der Waals surface area (Å²) in [6.07, 6.45) is -2.62. The molecule has 0 bridgehead atoms. The first-order chi connectivity index (χ1) is 15.0. The zero-order chi connectivity index (χ0) is 23.5. The van der Waals surface area contributed by atoms with Gasteiger partial charge in [-0.15, -0.1) is 0 Å². The van der Waals surface area contributed by atoms with Crippen molar-refractivity contribution in [1.82, 2.24) is 4.90 Å². The van der Waals surface area contributed by atoms with Crippen molar-refractivity contribution < 1.29 is 22.8 Å². The molecule has 2 amide bonds. The van der Waals surface area contributed by atoms with Gasteiger partial charge in [0.1, 0.15) is 0 Å². The highest BCUT2D eigenvalue weighted by atomic mass is 35.5. The number of aryl methyl sites for hydroxylation is 2. The number of amides is 2. The monoisotopic (exact) mass is 467 g/mol. The molecule has 0 atom stereocenters. The van der Waals surface area contributed by atoms with Gasteiger partial charge in [0.2, 0.25) is 11.8 Å². The maximum atomic E-state index is 12.9. The number of carbonyl (C=O) groups excluding carboxylic acids is 2. The molecule has 2 N–H and O–H groups in total.